The van der Waals surface area contributed by atoms with Crippen LogP contribution in [0.15, 0.2) is 72.9 Å². The molecule has 0 heterocycles. The van der Waals surface area contributed by atoms with Crippen molar-refractivity contribution in [1.82, 2.24) is 5.32 Å². The Bertz CT molecular complexity index is 961. The van der Waals surface area contributed by atoms with Crippen LogP contribution >= 0.6 is 0 Å². The summed E-state index contributed by atoms with van der Waals surface area (Å²) in [4.78, 5) is 12.4. The molecule has 0 aromatic carbocycles. The summed E-state index contributed by atoms with van der Waals surface area (Å²) in [6.45, 7) is 4.28. The largest absolute Gasteiger partial charge is 0.394 e. The maximum atomic E-state index is 12.4. The maximum absolute atomic E-state index is 12.4. The maximum Gasteiger partial charge on any atom is 0.220 e. The van der Waals surface area contributed by atoms with E-state index >= 15 is 0 Å². The predicted octanol–water partition coefficient (Wildman–Crippen LogP) is 15.1. The van der Waals surface area contributed by atoms with Crippen molar-refractivity contribution in [3.63, 3.8) is 0 Å². The lowest BCUT2D eigenvalue weighted by Crippen LogP contribution is -2.45. The molecule has 0 aromatic heterocycles. The fourth-order valence-corrected chi connectivity index (χ4v) is 6.75. The van der Waals surface area contributed by atoms with Crippen LogP contribution in [0.2, 0.25) is 0 Å². The molecular formula is C51H91NO3. The molecule has 0 radical (unpaired) electrons. The molecule has 2 unspecified atom stereocenters. The molecule has 0 aromatic rings. The zero-order chi connectivity index (χ0) is 40.0. The third kappa shape index (κ3) is 42.8. The standard InChI is InChI=1S/C51H91NO3/c1-3-5-7-9-11-13-15-17-19-21-23-25-26-27-29-31-33-35-37-39-41-43-45-47-51(55)52-49(48-53)50(54)46-44-42-40-38-36-34-32-30-28-24-22-20-18-16-14-12-10-8-6-4-2/h15,17,21,23,26-28,30,36,38,44,46,49-50,53-54H,3-14,16,18-20,22,24-25,29,31-35,37,39-43,45,47-48H2,1-2H3,(H,52,55)/b17-15-,23-21-,27-26-,30-28+,38-36+,46-44+. The zero-order valence-corrected chi connectivity index (χ0v) is 36.4. The predicted molar refractivity (Wildman–Crippen MR) is 244 cm³/mol. The molecule has 0 aliphatic carbocycles. The van der Waals surface area contributed by atoms with Gasteiger partial charge in [0.25, 0.3) is 0 Å². The topological polar surface area (TPSA) is 69.6 Å². The van der Waals surface area contributed by atoms with Crippen molar-refractivity contribution >= 4 is 5.91 Å². The summed E-state index contributed by atoms with van der Waals surface area (Å²) in [5.74, 6) is -0.0872. The second-order valence-corrected chi connectivity index (χ2v) is 15.8. The summed E-state index contributed by atoms with van der Waals surface area (Å²) >= 11 is 0. The van der Waals surface area contributed by atoms with Gasteiger partial charge < -0.3 is 15.5 Å². The molecule has 2 atom stereocenters. The highest BCUT2D eigenvalue weighted by Crippen LogP contribution is 2.13. The minimum Gasteiger partial charge on any atom is -0.394 e. The van der Waals surface area contributed by atoms with Crippen LogP contribution < -0.4 is 5.32 Å². The number of allylic oxidation sites excluding steroid dienone is 11. The first-order valence-corrected chi connectivity index (χ1v) is 23.7. The molecule has 3 N–H and O–H groups in total. The van der Waals surface area contributed by atoms with E-state index in [-0.39, 0.29) is 12.5 Å². The third-order valence-electron chi connectivity index (χ3n) is 10.4. The molecule has 0 saturated carbocycles. The Balaban J connectivity index is 3.66. The minimum atomic E-state index is -0.877. The Kier molecular flexibility index (Phi) is 44.4. The summed E-state index contributed by atoms with van der Waals surface area (Å²) in [7, 11) is 0. The van der Waals surface area contributed by atoms with Crippen molar-refractivity contribution in [2.75, 3.05) is 6.61 Å². The number of aliphatic hydroxyl groups is 2. The number of amides is 1. The van der Waals surface area contributed by atoms with Gasteiger partial charge in [-0.05, 0) is 83.5 Å². The summed E-state index contributed by atoms with van der Waals surface area (Å²) < 4.78 is 0. The number of hydrogen-bond acceptors (Lipinski definition) is 3. The highest BCUT2D eigenvalue weighted by atomic mass is 16.3. The second kappa shape index (κ2) is 46.2. The van der Waals surface area contributed by atoms with E-state index < -0.39 is 12.1 Å². The van der Waals surface area contributed by atoms with E-state index in [0.29, 0.717) is 6.42 Å². The number of carbonyl (C=O) groups is 1. The van der Waals surface area contributed by atoms with Crippen molar-refractivity contribution in [2.45, 2.75) is 238 Å². The quantitative estimate of drug-likeness (QED) is 0.0428. The number of nitrogens with one attached hydrogen (secondary N) is 1. The van der Waals surface area contributed by atoms with Gasteiger partial charge in [0.15, 0.2) is 0 Å². The van der Waals surface area contributed by atoms with Gasteiger partial charge in [0.1, 0.15) is 0 Å². The summed E-state index contributed by atoms with van der Waals surface area (Å²) in [5, 5.41) is 23.0. The molecule has 0 aliphatic rings. The lowest BCUT2D eigenvalue weighted by Gasteiger charge is -2.19. The molecule has 4 heteroatoms. The Hall–Kier alpha value is -2.17. The fraction of sp³-hybridized carbons (Fsp3) is 0.745. The van der Waals surface area contributed by atoms with Crippen LogP contribution in [0.3, 0.4) is 0 Å². The molecular weight excluding hydrogens is 675 g/mol. The van der Waals surface area contributed by atoms with Crippen LogP contribution in [0.4, 0.5) is 0 Å². The van der Waals surface area contributed by atoms with Crippen LogP contribution in [0.1, 0.15) is 226 Å². The van der Waals surface area contributed by atoms with Crippen LogP contribution in [-0.4, -0.2) is 34.9 Å². The molecule has 318 valence electrons. The number of hydrogen-bond donors (Lipinski definition) is 3. The molecule has 4 nitrogen and oxygen atoms in total. The van der Waals surface area contributed by atoms with Crippen LogP contribution in [0.5, 0.6) is 0 Å². The Labute approximate surface area is 342 Å². The van der Waals surface area contributed by atoms with Gasteiger partial charge in [-0.3, -0.25) is 4.79 Å². The van der Waals surface area contributed by atoms with E-state index in [1.165, 1.54) is 148 Å². The van der Waals surface area contributed by atoms with E-state index in [0.717, 1.165) is 57.8 Å². The first kappa shape index (κ1) is 52.8. The van der Waals surface area contributed by atoms with Gasteiger partial charge in [-0.15, -0.1) is 0 Å². The zero-order valence-electron chi connectivity index (χ0n) is 36.4. The van der Waals surface area contributed by atoms with E-state index in [4.69, 9.17) is 0 Å². The van der Waals surface area contributed by atoms with Gasteiger partial charge in [0.05, 0.1) is 18.8 Å². The Morgan fingerprint density at radius 3 is 1.18 bits per heavy atom. The molecule has 0 saturated heterocycles. The van der Waals surface area contributed by atoms with Gasteiger partial charge in [0, 0.05) is 6.42 Å². The highest BCUT2D eigenvalue weighted by Gasteiger charge is 2.17. The molecule has 1 amide bonds. The number of rotatable bonds is 42. The highest BCUT2D eigenvalue weighted by molar-refractivity contribution is 5.76. The first-order chi connectivity index (χ1) is 27.2. The average Bonchev–Trinajstić information content (AvgIpc) is 3.19. The smallest absolute Gasteiger partial charge is 0.220 e. The van der Waals surface area contributed by atoms with Crippen LogP contribution in [0.25, 0.3) is 0 Å². The van der Waals surface area contributed by atoms with Crippen molar-refractivity contribution in [2.24, 2.45) is 0 Å². The van der Waals surface area contributed by atoms with Gasteiger partial charge in [-0.2, -0.15) is 0 Å². The van der Waals surface area contributed by atoms with Crippen LogP contribution in [-0.2, 0) is 4.79 Å². The fourth-order valence-electron chi connectivity index (χ4n) is 6.75. The van der Waals surface area contributed by atoms with Gasteiger partial charge >= 0.3 is 0 Å². The Morgan fingerprint density at radius 1 is 0.436 bits per heavy atom. The molecule has 0 aliphatic heterocycles. The molecule has 55 heavy (non-hydrogen) atoms. The van der Waals surface area contributed by atoms with E-state index in [1.54, 1.807) is 6.08 Å². The monoisotopic (exact) mass is 766 g/mol. The number of aliphatic hydroxyl groups excluding tert-OH is 2. The summed E-state index contributed by atoms with van der Waals surface area (Å²) in [6, 6.07) is -0.653. The van der Waals surface area contributed by atoms with Gasteiger partial charge in [-0.1, -0.05) is 209 Å². The first-order valence-electron chi connectivity index (χ1n) is 23.7. The van der Waals surface area contributed by atoms with Gasteiger partial charge in [-0.25, -0.2) is 0 Å². The third-order valence-corrected chi connectivity index (χ3v) is 10.4. The molecule has 0 spiro atoms. The minimum absolute atomic E-state index is 0.0872. The van der Waals surface area contributed by atoms with E-state index in [9.17, 15) is 15.0 Å². The lowest BCUT2D eigenvalue weighted by molar-refractivity contribution is -0.123. The second-order valence-electron chi connectivity index (χ2n) is 15.8. The normalized spacial score (nSPS) is 13.6. The lowest BCUT2D eigenvalue weighted by atomic mass is 10.1. The summed E-state index contributed by atoms with van der Waals surface area (Å²) in [5.41, 5.74) is 0. The van der Waals surface area contributed by atoms with Crippen LogP contribution in [0, 0.1) is 0 Å². The number of unbranched alkanes of at least 4 members (excludes halogenated alkanes) is 25. The number of carbonyl (C=O) groups excluding carboxylic acids is 1. The molecule has 0 rings (SSSR count). The van der Waals surface area contributed by atoms with Gasteiger partial charge in [0.2, 0.25) is 5.91 Å². The van der Waals surface area contributed by atoms with Crippen molar-refractivity contribution < 1.29 is 15.0 Å². The van der Waals surface area contributed by atoms with Crippen molar-refractivity contribution in [3.8, 4) is 0 Å². The van der Waals surface area contributed by atoms with E-state index in [2.05, 4.69) is 79.9 Å². The Morgan fingerprint density at radius 2 is 0.764 bits per heavy atom. The van der Waals surface area contributed by atoms with Crippen molar-refractivity contribution in [1.29, 1.82) is 0 Å². The average molecular weight is 766 g/mol. The molecule has 0 bridgehead atoms. The summed E-state index contributed by atoms with van der Waals surface area (Å²) in [6.07, 6.45) is 65.9. The van der Waals surface area contributed by atoms with E-state index in [1.807, 2.05) is 6.08 Å². The van der Waals surface area contributed by atoms with Crippen molar-refractivity contribution in [3.05, 3.63) is 72.9 Å². The SMILES string of the molecule is CCCCCCC/C=C\C/C=C\C/C=C\CCCCCCCCCCC(=O)NC(CO)C(O)/C=C/CC/C=C/CC/C=C/CCCCCCCCCCCC. The molecule has 0 fully saturated rings.